The maximum absolute atomic E-state index is 5.16. The summed E-state index contributed by atoms with van der Waals surface area (Å²) >= 11 is 0. The molecule has 0 aliphatic carbocycles. The molecule has 2 rings (SSSR count). The number of ether oxygens (including phenoxy) is 1. The lowest BCUT2D eigenvalue weighted by atomic mass is 9.98. The number of likely N-dealkylation sites (tertiary alicyclic amines) is 1. The van der Waals surface area contributed by atoms with Gasteiger partial charge in [-0.1, -0.05) is 6.92 Å². The van der Waals surface area contributed by atoms with Crippen LogP contribution in [-0.4, -0.2) is 37.7 Å². The molecular weight excluding hydrogens is 150 g/mol. The first-order valence-electron chi connectivity index (χ1n) is 4.98. The van der Waals surface area contributed by atoms with E-state index in [2.05, 4.69) is 11.8 Å². The number of piperidine rings is 1. The van der Waals surface area contributed by atoms with Crippen molar-refractivity contribution in [3.05, 3.63) is 6.92 Å². The van der Waals surface area contributed by atoms with Gasteiger partial charge in [-0.3, -0.25) is 0 Å². The van der Waals surface area contributed by atoms with E-state index in [9.17, 15) is 0 Å². The van der Waals surface area contributed by atoms with Gasteiger partial charge in [0.1, 0.15) is 0 Å². The Labute approximate surface area is 74.9 Å². The van der Waals surface area contributed by atoms with Crippen LogP contribution in [0.1, 0.15) is 12.8 Å². The van der Waals surface area contributed by atoms with Crippen LogP contribution < -0.4 is 0 Å². The van der Waals surface area contributed by atoms with Crippen LogP contribution in [-0.2, 0) is 4.74 Å². The van der Waals surface area contributed by atoms with Gasteiger partial charge in [0.15, 0.2) is 0 Å². The molecular formula is C10H18NO. The van der Waals surface area contributed by atoms with Gasteiger partial charge in [0.2, 0.25) is 0 Å². The van der Waals surface area contributed by atoms with E-state index in [1.165, 1.54) is 32.5 Å². The molecule has 0 saturated carbocycles. The summed E-state index contributed by atoms with van der Waals surface area (Å²) < 4.78 is 5.16. The van der Waals surface area contributed by atoms with Gasteiger partial charge < -0.3 is 9.64 Å². The molecule has 0 atom stereocenters. The SMILES string of the molecule is [CH2]C1CCN(CC2COC2)CC1. The number of rotatable bonds is 2. The van der Waals surface area contributed by atoms with Crippen molar-refractivity contribution in [2.24, 2.45) is 11.8 Å². The lowest BCUT2D eigenvalue weighted by Gasteiger charge is -2.35. The lowest BCUT2D eigenvalue weighted by molar-refractivity contribution is -0.0491. The average Bonchev–Trinajstić information content (AvgIpc) is 2.00. The fourth-order valence-electron chi connectivity index (χ4n) is 1.92. The Balaban J connectivity index is 1.67. The summed E-state index contributed by atoms with van der Waals surface area (Å²) in [7, 11) is 0. The molecule has 2 aliphatic heterocycles. The Bertz CT molecular complexity index is 137. The summed E-state index contributed by atoms with van der Waals surface area (Å²) in [5.41, 5.74) is 0. The first-order chi connectivity index (χ1) is 5.84. The molecule has 2 heterocycles. The smallest absolute Gasteiger partial charge is 0.0528 e. The van der Waals surface area contributed by atoms with E-state index in [4.69, 9.17) is 4.74 Å². The molecule has 0 aromatic carbocycles. The zero-order chi connectivity index (χ0) is 8.39. The second-order valence-electron chi connectivity index (χ2n) is 4.15. The summed E-state index contributed by atoms with van der Waals surface area (Å²) in [6.45, 7) is 9.84. The van der Waals surface area contributed by atoms with E-state index in [1.807, 2.05) is 0 Å². The van der Waals surface area contributed by atoms with Crippen molar-refractivity contribution < 1.29 is 4.74 Å². The van der Waals surface area contributed by atoms with Crippen molar-refractivity contribution in [3.8, 4) is 0 Å². The van der Waals surface area contributed by atoms with Gasteiger partial charge in [-0.15, -0.1) is 0 Å². The highest BCUT2D eigenvalue weighted by Crippen LogP contribution is 2.19. The van der Waals surface area contributed by atoms with Crippen LogP contribution >= 0.6 is 0 Å². The van der Waals surface area contributed by atoms with Gasteiger partial charge in [0.05, 0.1) is 13.2 Å². The number of nitrogens with zero attached hydrogens (tertiary/aromatic N) is 1. The second-order valence-corrected chi connectivity index (χ2v) is 4.15. The summed E-state index contributed by atoms with van der Waals surface area (Å²) in [4.78, 5) is 2.56. The average molecular weight is 168 g/mol. The van der Waals surface area contributed by atoms with E-state index in [1.54, 1.807) is 0 Å². The largest absolute Gasteiger partial charge is 0.381 e. The zero-order valence-corrected chi connectivity index (χ0v) is 7.67. The predicted molar refractivity (Wildman–Crippen MR) is 48.8 cm³/mol. The standard InChI is InChI=1S/C10H18NO/c1-9-2-4-11(5-3-9)6-10-7-12-8-10/h9-10H,1-8H2. The summed E-state index contributed by atoms with van der Waals surface area (Å²) in [5, 5.41) is 0. The van der Waals surface area contributed by atoms with E-state index in [0.29, 0.717) is 5.92 Å². The molecule has 2 heteroatoms. The van der Waals surface area contributed by atoms with Crippen molar-refractivity contribution in [1.29, 1.82) is 0 Å². The first-order valence-corrected chi connectivity index (χ1v) is 4.98. The quantitative estimate of drug-likeness (QED) is 0.614. The van der Waals surface area contributed by atoms with Crippen LogP contribution in [0.3, 0.4) is 0 Å². The van der Waals surface area contributed by atoms with Crippen molar-refractivity contribution in [1.82, 2.24) is 4.90 Å². The van der Waals surface area contributed by atoms with Crippen molar-refractivity contribution in [3.63, 3.8) is 0 Å². The molecule has 12 heavy (non-hydrogen) atoms. The maximum atomic E-state index is 5.16. The van der Waals surface area contributed by atoms with Gasteiger partial charge in [-0.05, 0) is 31.8 Å². The molecule has 0 N–H and O–H groups in total. The molecule has 0 aromatic rings. The predicted octanol–water partition coefficient (Wildman–Crippen LogP) is 1.18. The third-order valence-electron chi connectivity index (χ3n) is 2.93. The van der Waals surface area contributed by atoms with Gasteiger partial charge in [0, 0.05) is 12.5 Å². The topological polar surface area (TPSA) is 12.5 Å². The molecule has 0 unspecified atom stereocenters. The Morgan fingerprint density at radius 2 is 1.92 bits per heavy atom. The summed E-state index contributed by atoms with van der Waals surface area (Å²) in [6, 6.07) is 0. The number of hydrogen-bond acceptors (Lipinski definition) is 2. The van der Waals surface area contributed by atoms with E-state index < -0.39 is 0 Å². The monoisotopic (exact) mass is 168 g/mol. The molecule has 2 aliphatic rings. The molecule has 69 valence electrons. The summed E-state index contributed by atoms with van der Waals surface area (Å²) in [5.74, 6) is 1.53. The normalized spacial score (nSPS) is 28.8. The highest BCUT2D eigenvalue weighted by molar-refractivity contribution is 4.77. The molecule has 0 spiro atoms. The molecule has 2 fully saturated rings. The van der Waals surface area contributed by atoms with Crippen LogP contribution in [0.5, 0.6) is 0 Å². The Kier molecular flexibility index (Phi) is 2.66. The van der Waals surface area contributed by atoms with E-state index in [0.717, 1.165) is 19.1 Å². The van der Waals surface area contributed by atoms with E-state index in [-0.39, 0.29) is 0 Å². The van der Waals surface area contributed by atoms with Gasteiger partial charge in [-0.2, -0.15) is 0 Å². The van der Waals surface area contributed by atoms with Gasteiger partial charge in [-0.25, -0.2) is 0 Å². The van der Waals surface area contributed by atoms with Crippen LogP contribution in [0.4, 0.5) is 0 Å². The Hall–Kier alpha value is -0.0800. The van der Waals surface area contributed by atoms with Crippen molar-refractivity contribution in [2.75, 3.05) is 32.8 Å². The third kappa shape index (κ3) is 1.99. The lowest BCUT2D eigenvalue weighted by Crippen LogP contribution is -2.42. The van der Waals surface area contributed by atoms with E-state index >= 15 is 0 Å². The molecule has 2 nitrogen and oxygen atoms in total. The van der Waals surface area contributed by atoms with Crippen molar-refractivity contribution >= 4 is 0 Å². The fourth-order valence-corrected chi connectivity index (χ4v) is 1.92. The molecule has 0 aromatic heterocycles. The fraction of sp³-hybridized carbons (Fsp3) is 0.900. The number of hydrogen-bond donors (Lipinski definition) is 0. The van der Waals surface area contributed by atoms with Crippen LogP contribution in [0.15, 0.2) is 0 Å². The highest BCUT2D eigenvalue weighted by Gasteiger charge is 2.23. The van der Waals surface area contributed by atoms with Crippen LogP contribution in [0.25, 0.3) is 0 Å². The molecule has 0 amide bonds. The van der Waals surface area contributed by atoms with Crippen LogP contribution in [0, 0.1) is 18.8 Å². The molecule has 0 bridgehead atoms. The Morgan fingerprint density at radius 1 is 1.25 bits per heavy atom. The highest BCUT2D eigenvalue weighted by atomic mass is 16.5. The van der Waals surface area contributed by atoms with Gasteiger partial charge in [0.25, 0.3) is 0 Å². The minimum Gasteiger partial charge on any atom is -0.381 e. The second kappa shape index (κ2) is 3.75. The third-order valence-corrected chi connectivity index (χ3v) is 2.93. The minimum absolute atomic E-state index is 0.707. The summed E-state index contributed by atoms with van der Waals surface area (Å²) in [6.07, 6.45) is 2.57. The first kappa shape index (κ1) is 8.52. The molecule has 1 radical (unpaired) electrons. The Morgan fingerprint density at radius 3 is 2.42 bits per heavy atom. The van der Waals surface area contributed by atoms with Crippen LogP contribution in [0.2, 0.25) is 0 Å². The zero-order valence-electron chi connectivity index (χ0n) is 7.67. The maximum Gasteiger partial charge on any atom is 0.0528 e. The molecule has 2 saturated heterocycles. The van der Waals surface area contributed by atoms with Gasteiger partial charge >= 0.3 is 0 Å². The minimum atomic E-state index is 0.707. The van der Waals surface area contributed by atoms with Crippen molar-refractivity contribution in [2.45, 2.75) is 12.8 Å².